The molecule has 0 saturated heterocycles. The Morgan fingerprint density at radius 2 is 2.00 bits per heavy atom. The molecule has 0 aliphatic rings. The number of nitrogens with one attached hydrogen (secondary N) is 1. The van der Waals surface area contributed by atoms with Crippen LogP contribution in [0, 0.1) is 6.92 Å². The minimum atomic E-state index is 0.583. The first-order valence-corrected chi connectivity index (χ1v) is 8.06. The predicted molar refractivity (Wildman–Crippen MR) is 97.3 cm³/mol. The zero-order valence-electron chi connectivity index (χ0n) is 13.4. The number of hydrogen-bond donors (Lipinski definition) is 1. The topological polar surface area (TPSA) is 55.6 Å². The molecule has 2 aromatic carbocycles. The smallest absolute Gasteiger partial charge is 0.137 e. The van der Waals surface area contributed by atoms with Crippen LogP contribution in [0.1, 0.15) is 11.4 Å². The summed E-state index contributed by atoms with van der Waals surface area (Å²) in [7, 11) is 2.04. The zero-order valence-corrected chi connectivity index (χ0v) is 14.2. The lowest BCUT2D eigenvalue weighted by Crippen LogP contribution is -2.07. The maximum Gasteiger partial charge on any atom is 0.137 e. The molecule has 0 unspecified atom stereocenters. The molecular formula is C18H16ClN5. The minimum absolute atomic E-state index is 0.583. The summed E-state index contributed by atoms with van der Waals surface area (Å²) >= 11 is 6.03. The van der Waals surface area contributed by atoms with E-state index in [1.165, 1.54) is 5.56 Å². The third-order valence-corrected chi connectivity index (χ3v) is 4.44. The van der Waals surface area contributed by atoms with E-state index < -0.39 is 0 Å². The highest BCUT2D eigenvalue weighted by Crippen LogP contribution is 2.24. The predicted octanol–water partition coefficient (Wildman–Crippen LogP) is 4.09. The second-order valence-electron chi connectivity index (χ2n) is 5.77. The molecular weight excluding hydrogens is 322 g/mol. The van der Waals surface area contributed by atoms with Crippen LogP contribution in [-0.2, 0) is 13.6 Å². The molecule has 4 aromatic rings. The number of anilines is 1. The van der Waals surface area contributed by atoms with Gasteiger partial charge in [-0.25, -0.2) is 15.0 Å². The second-order valence-corrected chi connectivity index (χ2v) is 6.20. The summed E-state index contributed by atoms with van der Waals surface area (Å²) in [5, 5.41) is 4.97. The Bertz CT molecular complexity index is 1050. The van der Waals surface area contributed by atoms with Crippen molar-refractivity contribution in [3.05, 3.63) is 59.1 Å². The van der Waals surface area contributed by atoms with Gasteiger partial charge in [0.1, 0.15) is 18.0 Å². The van der Waals surface area contributed by atoms with E-state index in [1.807, 2.05) is 37.4 Å². The van der Waals surface area contributed by atoms with Crippen molar-refractivity contribution in [2.24, 2.45) is 7.05 Å². The van der Waals surface area contributed by atoms with E-state index in [4.69, 9.17) is 16.6 Å². The largest absolute Gasteiger partial charge is 0.362 e. The van der Waals surface area contributed by atoms with Crippen LogP contribution in [0.25, 0.3) is 21.9 Å². The highest BCUT2D eigenvalue weighted by atomic mass is 35.5. The molecule has 0 atom stereocenters. The molecule has 2 heterocycles. The van der Waals surface area contributed by atoms with Gasteiger partial charge in [-0.2, -0.15) is 0 Å². The fourth-order valence-electron chi connectivity index (χ4n) is 3.01. The number of benzene rings is 2. The van der Waals surface area contributed by atoms with Crippen LogP contribution >= 0.6 is 11.6 Å². The summed E-state index contributed by atoms with van der Waals surface area (Å²) < 4.78 is 2.12. The molecule has 0 amide bonds. The number of fused-ring (bicyclic) bond motifs is 2. The van der Waals surface area contributed by atoms with Gasteiger partial charge in [0.15, 0.2) is 0 Å². The quantitative estimate of drug-likeness (QED) is 0.611. The summed E-state index contributed by atoms with van der Waals surface area (Å²) in [5.41, 5.74) is 4.21. The monoisotopic (exact) mass is 337 g/mol. The first-order chi connectivity index (χ1) is 11.6. The van der Waals surface area contributed by atoms with Crippen LogP contribution in [0.4, 0.5) is 5.82 Å². The molecule has 0 aliphatic heterocycles. The summed E-state index contributed by atoms with van der Waals surface area (Å²) in [6.07, 6.45) is 1.54. The zero-order chi connectivity index (χ0) is 16.7. The molecule has 0 saturated carbocycles. The Labute approximate surface area is 144 Å². The lowest BCUT2D eigenvalue weighted by molar-refractivity contribution is 0.831. The van der Waals surface area contributed by atoms with Crippen molar-refractivity contribution in [2.45, 2.75) is 13.5 Å². The molecule has 24 heavy (non-hydrogen) atoms. The Hall–Kier alpha value is -2.66. The fraction of sp³-hybridized carbons (Fsp3) is 0.167. The van der Waals surface area contributed by atoms with Gasteiger partial charge in [-0.1, -0.05) is 23.7 Å². The number of rotatable bonds is 3. The second kappa shape index (κ2) is 5.76. The fourth-order valence-corrected chi connectivity index (χ4v) is 3.17. The third kappa shape index (κ3) is 2.47. The molecule has 6 heteroatoms. The van der Waals surface area contributed by atoms with Crippen LogP contribution in [0.5, 0.6) is 0 Å². The average molecular weight is 338 g/mol. The van der Waals surface area contributed by atoms with Crippen molar-refractivity contribution in [3.8, 4) is 0 Å². The molecule has 2 aromatic heterocycles. The number of aryl methyl sites for hydroxylation is 2. The van der Waals surface area contributed by atoms with Crippen LogP contribution in [0.15, 0.2) is 42.7 Å². The van der Waals surface area contributed by atoms with Gasteiger partial charge in [0.2, 0.25) is 0 Å². The van der Waals surface area contributed by atoms with Gasteiger partial charge in [-0.3, -0.25) is 0 Å². The van der Waals surface area contributed by atoms with Crippen molar-refractivity contribution in [1.82, 2.24) is 19.5 Å². The van der Waals surface area contributed by atoms with Gasteiger partial charge in [0.25, 0.3) is 0 Å². The molecule has 0 fully saturated rings. The Morgan fingerprint density at radius 3 is 2.83 bits per heavy atom. The van der Waals surface area contributed by atoms with Crippen LogP contribution in [-0.4, -0.2) is 19.5 Å². The maximum absolute atomic E-state index is 6.03. The van der Waals surface area contributed by atoms with Crippen LogP contribution < -0.4 is 5.32 Å². The molecule has 0 spiro atoms. The Morgan fingerprint density at radius 1 is 1.12 bits per heavy atom. The van der Waals surface area contributed by atoms with Gasteiger partial charge >= 0.3 is 0 Å². The van der Waals surface area contributed by atoms with Gasteiger partial charge in [0, 0.05) is 17.5 Å². The van der Waals surface area contributed by atoms with E-state index in [0.717, 1.165) is 33.6 Å². The summed E-state index contributed by atoms with van der Waals surface area (Å²) in [6, 6.07) is 11.8. The van der Waals surface area contributed by atoms with E-state index in [-0.39, 0.29) is 0 Å². The number of halogens is 1. The Balaban J connectivity index is 1.69. The number of aromatic nitrogens is 4. The molecule has 120 valence electrons. The van der Waals surface area contributed by atoms with Crippen LogP contribution in [0.3, 0.4) is 0 Å². The first-order valence-electron chi connectivity index (χ1n) is 7.68. The van der Waals surface area contributed by atoms with Crippen molar-refractivity contribution < 1.29 is 0 Å². The van der Waals surface area contributed by atoms with Crippen molar-refractivity contribution in [2.75, 3.05) is 5.32 Å². The van der Waals surface area contributed by atoms with E-state index in [1.54, 1.807) is 6.33 Å². The Kier molecular flexibility index (Phi) is 3.58. The number of nitrogens with zero attached hydrogens (tertiary/aromatic N) is 4. The number of para-hydroxylation sites is 1. The lowest BCUT2D eigenvalue weighted by Gasteiger charge is -2.09. The van der Waals surface area contributed by atoms with E-state index in [0.29, 0.717) is 11.6 Å². The van der Waals surface area contributed by atoms with Gasteiger partial charge in [-0.05, 0) is 36.8 Å². The van der Waals surface area contributed by atoms with Crippen molar-refractivity contribution >= 4 is 39.4 Å². The molecule has 0 aliphatic carbocycles. The summed E-state index contributed by atoms with van der Waals surface area (Å²) in [6.45, 7) is 2.68. The highest BCUT2D eigenvalue weighted by Gasteiger charge is 2.10. The molecule has 0 bridgehead atoms. The van der Waals surface area contributed by atoms with Gasteiger partial charge in [-0.15, -0.1) is 0 Å². The average Bonchev–Trinajstić information content (AvgIpc) is 2.90. The molecule has 0 radical (unpaired) electrons. The standard InChI is InChI=1S/C18H16ClN5/c1-11-4-3-5-14-17(11)24(2)16(23-14)9-20-18-13-7-6-12(19)8-15(13)21-10-22-18/h3-8,10H,9H2,1-2H3,(H,20,21,22). The van der Waals surface area contributed by atoms with Gasteiger partial charge < -0.3 is 9.88 Å². The van der Waals surface area contributed by atoms with Gasteiger partial charge in [0.05, 0.1) is 23.1 Å². The summed E-state index contributed by atoms with van der Waals surface area (Å²) in [4.78, 5) is 13.3. The van der Waals surface area contributed by atoms with Crippen molar-refractivity contribution in [3.63, 3.8) is 0 Å². The first kappa shape index (κ1) is 14.9. The lowest BCUT2D eigenvalue weighted by atomic mass is 10.2. The summed E-state index contributed by atoms with van der Waals surface area (Å²) in [5.74, 6) is 1.74. The number of hydrogen-bond acceptors (Lipinski definition) is 4. The van der Waals surface area contributed by atoms with E-state index >= 15 is 0 Å². The third-order valence-electron chi connectivity index (χ3n) is 4.20. The highest BCUT2D eigenvalue weighted by molar-refractivity contribution is 6.31. The maximum atomic E-state index is 6.03. The SMILES string of the molecule is Cc1cccc2nc(CNc3ncnc4cc(Cl)ccc34)n(C)c12. The molecule has 5 nitrogen and oxygen atoms in total. The van der Waals surface area contributed by atoms with Crippen molar-refractivity contribution in [1.29, 1.82) is 0 Å². The minimum Gasteiger partial charge on any atom is -0.362 e. The van der Waals surface area contributed by atoms with E-state index in [9.17, 15) is 0 Å². The number of imidazole rings is 1. The molecule has 1 N–H and O–H groups in total. The molecule has 4 rings (SSSR count). The normalized spacial score (nSPS) is 11.3. The van der Waals surface area contributed by atoms with Crippen LogP contribution in [0.2, 0.25) is 5.02 Å². The van der Waals surface area contributed by atoms with E-state index in [2.05, 4.69) is 32.8 Å².